The molecule has 0 unspecified atom stereocenters. The average molecular weight is 396 g/mol. The van der Waals surface area contributed by atoms with Crippen LogP contribution >= 0.6 is 23.6 Å². The lowest BCUT2D eigenvalue weighted by molar-refractivity contribution is -0.146. The molecule has 2 aromatic rings. The van der Waals surface area contributed by atoms with E-state index in [0.29, 0.717) is 28.7 Å². The van der Waals surface area contributed by atoms with Crippen molar-refractivity contribution in [3.8, 4) is 5.75 Å². The van der Waals surface area contributed by atoms with Crippen molar-refractivity contribution < 1.29 is 19.4 Å². The largest absolute Gasteiger partial charge is 0.497 e. The molecule has 0 aliphatic carbocycles. The molecule has 1 fully saturated rings. The molecule has 2 heterocycles. The number of esters is 1. The lowest BCUT2D eigenvalue weighted by atomic mass is 10.2. The first-order chi connectivity index (χ1) is 12.5. The molecule has 0 bridgehead atoms. The predicted octanol–water partition coefficient (Wildman–Crippen LogP) is 1.99. The van der Waals surface area contributed by atoms with Crippen molar-refractivity contribution in [2.24, 2.45) is 0 Å². The monoisotopic (exact) mass is 396 g/mol. The first-order valence-electron chi connectivity index (χ1n) is 7.99. The van der Waals surface area contributed by atoms with Gasteiger partial charge in [0.1, 0.15) is 11.8 Å². The summed E-state index contributed by atoms with van der Waals surface area (Å²) in [6.45, 7) is 0.691. The number of aliphatic hydroxyl groups is 1. The van der Waals surface area contributed by atoms with Gasteiger partial charge in [0.2, 0.25) is 5.13 Å². The Bertz CT molecular complexity index is 820. The Morgan fingerprint density at radius 1 is 1.42 bits per heavy atom. The Labute approximate surface area is 160 Å². The van der Waals surface area contributed by atoms with Crippen LogP contribution in [0.4, 0.5) is 10.8 Å². The number of β-amino-alcohol motifs (C(OH)–C–C–N with tert-alkyl or cyclic N) is 1. The molecule has 1 aromatic carbocycles. The minimum atomic E-state index is -0.566. The summed E-state index contributed by atoms with van der Waals surface area (Å²) >= 11 is 6.72. The van der Waals surface area contributed by atoms with Gasteiger partial charge in [0.15, 0.2) is 3.95 Å². The summed E-state index contributed by atoms with van der Waals surface area (Å²) in [6, 6.07) is 6.99. The molecule has 3 rings (SSSR count). The lowest BCUT2D eigenvalue weighted by Crippen LogP contribution is -2.38. The minimum Gasteiger partial charge on any atom is -0.497 e. The van der Waals surface area contributed by atoms with Gasteiger partial charge in [-0.05, 0) is 36.5 Å². The molecule has 2 atom stereocenters. The van der Waals surface area contributed by atoms with Crippen molar-refractivity contribution in [2.75, 3.05) is 26.1 Å². The summed E-state index contributed by atoms with van der Waals surface area (Å²) in [7, 11) is 2.96. The molecule has 10 heteroatoms. The van der Waals surface area contributed by atoms with Gasteiger partial charge in [0.25, 0.3) is 0 Å². The quantitative estimate of drug-likeness (QED) is 0.566. The number of likely N-dealkylation sites (tertiary alicyclic amines) is 1. The molecule has 1 aliphatic heterocycles. The van der Waals surface area contributed by atoms with E-state index in [1.807, 2.05) is 29.2 Å². The number of aromatic nitrogens is 2. The van der Waals surface area contributed by atoms with Crippen LogP contribution in [-0.4, -0.2) is 58.7 Å². The fraction of sp³-hybridized carbons (Fsp3) is 0.438. The van der Waals surface area contributed by atoms with E-state index in [2.05, 4.69) is 10.4 Å². The van der Waals surface area contributed by atoms with Gasteiger partial charge in [-0.25, -0.2) is 4.68 Å². The van der Waals surface area contributed by atoms with Crippen LogP contribution in [0.3, 0.4) is 0 Å². The normalized spacial score (nSPS) is 20.1. The molecule has 0 amide bonds. The van der Waals surface area contributed by atoms with E-state index in [1.54, 1.807) is 11.8 Å². The lowest BCUT2D eigenvalue weighted by Gasteiger charge is -2.21. The smallest absolute Gasteiger partial charge is 0.323 e. The number of hydrogen-bond donors (Lipinski definition) is 2. The van der Waals surface area contributed by atoms with E-state index in [9.17, 15) is 9.90 Å². The number of nitrogens with zero attached hydrogens (tertiary/aromatic N) is 3. The third-order valence-corrected chi connectivity index (χ3v) is 5.34. The topological polar surface area (TPSA) is 88.9 Å². The Hall–Kier alpha value is -2.01. The maximum atomic E-state index is 11.9. The summed E-state index contributed by atoms with van der Waals surface area (Å²) in [5.41, 5.74) is 0.866. The number of methoxy groups -OCH3 is 2. The maximum Gasteiger partial charge on any atom is 0.323 e. The molecular formula is C16H20N4O4S2. The first-order valence-corrected chi connectivity index (χ1v) is 9.21. The fourth-order valence-electron chi connectivity index (χ4n) is 2.83. The van der Waals surface area contributed by atoms with E-state index in [4.69, 9.17) is 21.7 Å². The minimum absolute atomic E-state index is 0.316. The van der Waals surface area contributed by atoms with Gasteiger partial charge >= 0.3 is 5.97 Å². The predicted molar refractivity (Wildman–Crippen MR) is 100 cm³/mol. The summed E-state index contributed by atoms with van der Waals surface area (Å²) in [6.07, 6.45) is -0.218. The van der Waals surface area contributed by atoms with Crippen LogP contribution in [0.2, 0.25) is 0 Å². The molecule has 140 valence electrons. The molecule has 0 radical (unpaired) electrons. The third-order valence-electron chi connectivity index (χ3n) is 4.12. The van der Waals surface area contributed by atoms with E-state index >= 15 is 0 Å². The molecule has 8 nitrogen and oxygen atoms in total. The molecule has 2 N–H and O–H groups in total. The summed E-state index contributed by atoms with van der Waals surface area (Å²) in [5.74, 6) is 0.412. The van der Waals surface area contributed by atoms with Crippen LogP contribution in [0.15, 0.2) is 24.3 Å². The number of benzene rings is 1. The van der Waals surface area contributed by atoms with E-state index in [1.165, 1.54) is 18.4 Å². The molecule has 0 saturated carbocycles. The molecule has 1 aromatic heterocycles. The number of aliphatic hydroxyl groups excluding tert-OH is 1. The zero-order valence-electron chi connectivity index (χ0n) is 14.4. The Balaban J connectivity index is 1.71. The van der Waals surface area contributed by atoms with E-state index in [-0.39, 0.29) is 5.97 Å². The molecule has 26 heavy (non-hydrogen) atoms. The third kappa shape index (κ3) is 4.21. The first kappa shape index (κ1) is 18.8. The highest BCUT2D eigenvalue weighted by Gasteiger charge is 2.37. The van der Waals surface area contributed by atoms with Crippen molar-refractivity contribution in [1.82, 2.24) is 14.7 Å². The molecular weight excluding hydrogens is 376 g/mol. The number of carbonyl (C=O) groups is 1. The molecule has 1 saturated heterocycles. The number of rotatable bonds is 6. The van der Waals surface area contributed by atoms with Crippen LogP contribution in [-0.2, 0) is 16.2 Å². The standard InChI is InChI=1S/C16H20N4O4S2/c1-23-12-5-3-10(4-6-12)17-15-18-20(16(25)26-15)9-19-8-11(21)7-13(19)14(22)24-2/h3-6,11,13,21H,7-9H2,1-2H3,(H,17,18)/t11-,13-/m0/s1. The van der Waals surface area contributed by atoms with Crippen molar-refractivity contribution in [3.05, 3.63) is 28.2 Å². The number of carbonyl (C=O) groups excluding carboxylic acids is 1. The number of nitrogens with one attached hydrogen (secondary N) is 1. The fourth-order valence-corrected chi connectivity index (χ4v) is 3.85. The van der Waals surface area contributed by atoms with Crippen molar-refractivity contribution in [3.63, 3.8) is 0 Å². The highest BCUT2D eigenvalue weighted by molar-refractivity contribution is 7.73. The van der Waals surface area contributed by atoms with Crippen LogP contribution in [0.5, 0.6) is 5.75 Å². The second kappa shape index (κ2) is 8.12. The number of hydrogen-bond acceptors (Lipinski definition) is 9. The highest BCUT2D eigenvalue weighted by Crippen LogP contribution is 2.24. The summed E-state index contributed by atoms with van der Waals surface area (Å²) in [5, 5.41) is 18.2. The van der Waals surface area contributed by atoms with Crippen molar-refractivity contribution in [2.45, 2.75) is 25.2 Å². The van der Waals surface area contributed by atoms with Gasteiger partial charge < -0.3 is 19.9 Å². The Morgan fingerprint density at radius 2 is 2.15 bits per heavy atom. The van der Waals surface area contributed by atoms with E-state index in [0.717, 1.165) is 11.4 Å². The van der Waals surface area contributed by atoms with Crippen molar-refractivity contribution in [1.29, 1.82) is 0 Å². The van der Waals surface area contributed by atoms with Gasteiger partial charge in [0, 0.05) is 18.7 Å². The van der Waals surface area contributed by atoms with Gasteiger partial charge in [-0.1, -0.05) is 11.3 Å². The van der Waals surface area contributed by atoms with Gasteiger partial charge in [0.05, 0.1) is 27.0 Å². The van der Waals surface area contributed by atoms with Gasteiger partial charge in [-0.2, -0.15) is 0 Å². The van der Waals surface area contributed by atoms with Crippen LogP contribution < -0.4 is 10.1 Å². The summed E-state index contributed by atoms with van der Waals surface area (Å²) < 4.78 is 12.2. The Kier molecular flexibility index (Phi) is 5.87. The Morgan fingerprint density at radius 3 is 2.81 bits per heavy atom. The zero-order chi connectivity index (χ0) is 18.7. The highest BCUT2D eigenvalue weighted by atomic mass is 32.1. The number of ether oxygens (including phenoxy) is 2. The zero-order valence-corrected chi connectivity index (χ0v) is 16.0. The summed E-state index contributed by atoms with van der Waals surface area (Å²) in [4.78, 5) is 13.7. The van der Waals surface area contributed by atoms with E-state index < -0.39 is 12.1 Å². The second-order valence-electron chi connectivity index (χ2n) is 5.87. The van der Waals surface area contributed by atoms with Gasteiger partial charge in [-0.3, -0.25) is 9.69 Å². The molecule has 1 aliphatic rings. The van der Waals surface area contributed by atoms with Crippen LogP contribution in [0, 0.1) is 3.95 Å². The SMILES string of the molecule is COC(=O)[C@@H]1C[C@H](O)CN1Cn1nc(Nc2ccc(OC)cc2)sc1=S. The molecule has 0 spiro atoms. The van der Waals surface area contributed by atoms with Gasteiger partial charge in [-0.15, -0.1) is 5.10 Å². The van der Waals surface area contributed by atoms with Crippen LogP contribution in [0.1, 0.15) is 6.42 Å². The van der Waals surface area contributed by atoms with Crippen molar-refractivity contribution >= 4 is 40.3 Å². The van der Waals surface area contributed by atoms with Crippen LogP contribution in [0.25, 0.3) is 0 Å². The maximum absolute atomic E-state index is 11.9. The second-order valence-corrected chi connectivity index (χ2v) is 7.49. The average Bonchev–Trinajstić information content (AvgIpc) is 3.17. The number of anilines is 2.